The number of hydrogen-bond donors (Lipinski definition) is 1. The number of methoxy groups -OCH3 is 2. The van der Waals surface area contributed by atoms with Crippen LogP contribution in [0.15, 0.2) is 36.7 Å². The van der Waals surface area contributed by atoms with Crippen molar-refractivity contribution in [3.05, 3.63) is 42.2 Å². The van der Waals surface area contributed by atoms with Crippen LogP contribution in [0.5, 0.6) is 5.75 Å². The van der Waals surface area contributed by atoms with E-state index in [9.17, 15) is 0 Å². The SMILES string of the molecule is COCCNCc1cnc(-c2ccc(OC)cc2)nc1. The summed E-state index contributed by atoms with van der Waals surface area (Å²) >= 11 is 0. The summed E-state index contributed by atoms with van der Waals surface area (Å²) in [7, 11) is 3.34. The fourth-order valence-corrected chi connectivity index (χ4v) is 1.74. The summed E-state index contributed by atoms with van der Waals surface area (Å²) in [6.07, 6.45) is 3.68. The molecular formula is C15H19N3O2. The van der Waals surface area contributed by atoms with Crippen molar-refractivity contribution in [3.63, 3.8) is 0 Å². The fraction of sp³-hybridized carbons (Fsp3) is 0.333. The molecule has 0 bridgehead atoms. The van der Waals surface area contributed by atoms with E-state index in [1.165, 1.54) is 0 Å². The average Bonchev–Trinajstić information content (AvgIpc) is 2.52. The molecule has 20 heavy (non-hydrogen) atoms. The van der Waals surface area contributed by atoms with Crippen LogP contribution >= 0.6 is 0 Å². The molecular weight excluding hydrogens is 254 g/mol. The lowest BCUT2D eigenvalue weighted by Gasteiger charge is -2.05. The van der Waals surface area contributed by atoms with Gasteiger partial charge in [-0.25, -0.2) is 9.97 Å². The second kappa shape index (κ2) is 7.57. The number of nitrogens with one attached hydrogen (secondary N) is 1. The van der Waals surface area contributed by atoms with E-state index in [1.807, 2.05) is 36.7 Å². The summed E-state index contributed by atoms with van der Waals surface area (Å²) < 4.78 is 10.1. The molecule has 0 radical (unpaired) electrons. The maximum Gasteiger partial charge on any atom is 0.159 e. The van der Waals surface area contributed by atoms with E-state index in [2.05, 4.69) is 15.3 Å². The third-order valence-corrected chi connectivity index (χ3v) is 2.87. The summed E-state index contributed by atoms with van der Waals surface area (Å²) in [5, 5.41) is 3.26. The standard InChI is InChI=1S/C15H19N3O2/c1-19-8-7-16-9-12-10-17-15(18-11-12)13-3-5-14(20-2)6-4-13/h3-6,10-11,16H,7-9H2,1-2H3. The maximum absolute atomic E-state index is 5.13. The highest BCUT2D eigenvalue weighted by atomic mass is 16.5. The van der Waals surface area contributed by atoms with Gasteiger partial charge in [-0.2, -0.15) is 0 Å². The minimum Gasteiger partial charge on any atom is -0.497 e. The quantitative estimate of drug-likeness (QED) is 0.781. The first kappa shape index (κ1) is 14.4. The molecule has 5 nitrogen and oxygen atoms in total. The van der Waals surface area contributed by atoms with Crippen molar-refractivity contribution in [1.29, 1.82) is 0 Å². The first-order chi connectivity index (χ1) is 9.83. The van der Waals surface area contributed by atoms with E-state index < -0.39 is 0 Å². The molecule has 0 unspecified atom stereocenters. The van der Waals surface area contributed by atoms with Crippen molar-refractivity contribution in [2.75, 3.05) is 27.4 Å². The smallest absolute Gasteiger partial charge is 0.159 e. The van der Waals surface area contributed by atoms with Crippen LogP contribution < -0.4 is 10.1 Å². The summed E-state index contributed by atoms with van der Waals surface area (Å²) in [6.45, 7) is 2.26. The van der Waals surface area contributed by atoms with Gasteiger partial charge >= 0.3 is 0 Å². The second-order valence-corrected chi connectivity index (χ2v) is 4.31. The van der Waals surface area contributed by atoms with Gasteiger partial charge in [-0.1, -0.05) is 0 Å². The molecule has 1 aromatic carbocycles. The first-order valence-corrected chi connectivity index (χ1v) is 6.48. The van der Waals surface area contributed by atoms with Gasteiger partial charge in [0.25, 0.3) is 0 Å². The highest BCUT2D eigenvalue weighted by Gasteiger charge is 2.02. The lowest BCUT2D eigenvalue weighted by atomic mass is 10.2. The van der Waals surface area contributed by atoms with Gasteiger partial charge in [-0.15, -0.1) is 0 Å². The van der Waals surface area contributed by atoms with Gasteiger partial charge in [-0.3, -0.25) is 0 Å². The van der Waals surface area contributed by atoms with Gasteiger partial charge < -0.3 is 14.8 Å². The lowest BCUT2D eigenvalue weighted by molar-refractivity contribution is 0.199. The van der Waals surface area contributed by atoms with Crippen molar-refractivity contribution < 1.29 is 9.47 Å². The predicted molar refractivity (Wildman–Crippen MR) is 77.6 cm³/mol. The Morgan fingerprint density at radius 3 is 2.35 bits per heavy atom. The van der Waals surface area contributed by atoms with E-state index in [4.69, 9.17) is 9.47 Å². The highest BCUT2D eigenvalue weighted by Crippen LogP contribution is 2.18. The monoisotopic (exact) mass is 273 g/mol. The number of nitrogens with zero attached hydrogens (tertiary/aromatic N) is 2. The third-order valence-electron chi connectivity index (χ3n) is 2.87. The fourth-order valence-electron chi connectivity index (χ4n) is 1.74. The van der Waals surface area contributed by atoms with Crippen molar-refractivity contribution >= 4 is 0 Å². The Hall–Kier alpha value is -1.98. The summed E-state index contributed by atoms with van der Waals surface area (Å²) in [6, 6.07) is 7.70. The van der Waals surface area contributed by atoms with Gasteiger partial charge in [0, 0.05) is 43.7 Å². The molecule has 0 amide bonds. The third kappa shape index (κ3) is 4.01. The number of benzene rings is 1. The lowest BCUT2D eigenvalue weighted by Crippen LogP contribution is -2.18. The topological polar surface area (TPSA) is 56.3 Å². The summed E-state index contributed by atoms with van der Waals surface area (Å²) in [5.41, 5.74) is 2.03. The van der Waals surface area contributed by atoms with Crippen LogP contribution in [-0.4, -0.2) is 37.3 Å². The van der Waals surface area contributed by atoms with Crippen LogP contribution in [0.25, 0.3) is 11.4 Å². The molecule has 5 heteroatoms. The van der Waals surface area contributed by atoms with Crippen LogP contribution in [0.4, 0.5) is 0 Å². The van der Waals surface area contributed by atoms with E-state index in [0.29, 0.717) is 12.4 Å². The van der Waals surface area contributed by atoms with Crippen LogP contribution in [0.2, 0.25) is 0 Å². The molecule has 0 saturated carbocycles. The number of aromatic nitrogens is 2. The van der Waals surface area contributed by atoms with Crippen LogP contribution in [0.3, 0.4) is 0 Å². The van der Waals surface area contributed by atoms with Crippen LogP contribution in [0.1, 0.15) is 5.56 Å². The van der Waals surface area contributed by atoms with Gasteiger partial charge in [0.15, 0.2) is 5.82 Å². The maximum atomic E-state index is 5.13. The predicted octanol–water partition coefficient (Wildman–Crippen LogP) is 1.89. The largest absolute Gasteiger partial charge is 0.497 e. The van der Waals surface area contributed by atoms with Gasteiger partial charge in [0.05, 0.1) is 13.7 Å². The van der Waals surface area contributed by atoms with E-state index >= 15 is 0 Å². The Bertz CT molecular complexity index is 512. The Kier molecular flexibility index (Phi) is 5.46. The molecule has 2 rings (SSSR count). The van der Waals surface area contributed by atoms with Crippen molar-refractivity contribution in [1.82, 2.24) is 15.3 Å². The van der Waals surface area contributed by atoms with Crippen molar-refractivity contribution in [2.24, 2.45) is 0 Å². The number of ether oxygens (including phenoxy) is 2. The van der Waals surface area contributed by atoms with Gasteiger partial charge in [0.2, 0.25) is 0 Å². The molecule has 0 atom stereocenters. The Morgan fingerprint density at radius 1 is 1.05 bits per heavy atom. The van der Waals surface area contributed by atoms with Crippen LogP contribution in [-0.2, 0) is 11.3 Å². The zero-order valence-corrected chi connectivity index (χ0v) is 11.8. The minimum atomic E-state index is 0.699. The summed E-state index contributed by atoms with van der Waals surface area (Å²) in [4.78, 5) is 8.76. The van der Waals surface area contributed by atoms with Crippen molar-refractivity contribution in [3.8, 4) is 17.1 Å². The minimum absolute atomic E-state index is 0.699. The normalized spacial score (nSPS) is 10.5. The second-order valence-electron chi connectivity index (χ2n) is 4.31. The molecule has 0 aliphatic carbocycles. The molecule has 0 saturated heterocycles. The molecule has 0 fully saturated rings. The first-order valence-electron chi connectivity index (χ1n) is 6.48. The molecule has 2 aromatic rings. The Labute approximate surface area is 119 Å². The zero-order chi connectivity index (χ0) is 14.2. The molecule has 1 N–H and O–H groups in total. The van der Waals surface area contributed by atoms with E-state index in [-0.39, 0.29) is 0 Å². The van der Waals surface area contributed by atoms with Gasteiger partial charge in [-0.05, 0) is 24.3 Å². The average molecular weight is 273 g/mol. The molecule has 1 aromatic heterocycles. The number of rotatable bonds is 7. The molecule has 0 aliphatic heterocycles. The Morgan fingerprint density at radius 2 is 1.75 bits per heavy atom. The Balaban J connectivity index is 1.96. The highest BCUT2D eigenvalue weighted by molar-refractivity contribution is 5.55. The molecule has 106 valence electrons. The molecule has 1 heterocycles. The number of hydrogen-bond acceptors (Lipinski definition) is 5. The van der Waals surface area contributed by atoms with Crippen LogP contribution in [0, 0.1) is 0 Å². The summed E-state index contributed by atoms with van der Waals surface area (Å²) in [5.74, 6) is 1.54. The molecule has 0 aliphatic rings. The van der Waals surface area contributed by atoms with Crippen molar-refractivity contribution in [2.45, 2.75) is 6.54 Å². The van der Waals surface area contributed by atoms with E-state index in [1.54, 1.807) is 14.2 Å². The zero-order valence-electron chi connectivity index (χ0n) is 11.8. The molecule has 0 spiro atoms. The van der Waals surface area contributed by atoms with Gasteiger partial charge in [0.1, 0.15) is 5.75 Å². The van der Waals surface area contributed by atoms with E-state index in [0.717, 1.165) is 30.0 Å².